The molecule has 1 atom stereocenters. The molecule has 0 aromatic heterocycles. The third-order valence-corrected chi connectivity index (χ3v) is 1.45. The summed E-state index contributed by atoms with van der Waals surface area (Å²) in [5.74, 6) is 0. The van der Waals surface area contributed by atoms with Gasteiger partial charge in [-0.3, -0.25) is 0 Å². The van der Waals surface area contributed by atoms with Crippen LogP contribution in [0.1, 0.15) is 6.92 Å². The molecule has 0 bridgehead atoms. The average Bonchev–Trinajstić information content (AvgIpc) is 2.22. The molecule has 1 N–H and O–H groups in total. The first-order valence-corrected chi connectivity index (χ1v) is 4.99. The predicted octanol–water partition coefficient (Wildman–Crippen LogP) is 0.535. The maximum Gasteiger partial charge on any atom is 0.178 e. The van der Waals surface area contributed by atoms with E-state index in [4.69, 9.17) is 24.1 Å². The summed E-state index contributed by atoms with van der Waals surface area (Å²) in [6.07, 6.45) is 0.525. The average molecular weight is 220 g/mol. The minimum Gasteiger partial charge on any atom is -0.499 e. The zero-order valence-electron chi connectivity index (χ0n) is 9.18. The number of hydrogen-bond donors (Lipinski definition) is 1. The normalized spacial score (nSPS) is 12.4. The molecular weight excluding hydrogens is 200 g/mol. The number of aliphatic hydroxyl groups is 1. The highest BCUT2D eigenvalue weighted by Crippen LogP contribution is 1.88. The molecule has 0 aliphatic heterocycles. The van der Waals surface area contributed by atoms with Crippen LogP contribution in [0, 0.1) is 0 Å². The first-order valence-electron chi connectivity index (χ1n) is 4.99. The Morgan fingerprint density at radius 3 is 2.53 bits per heavy atom. The number of aliphatic hydroxyl groups excluding tert-OH is 1. The number of ether oxygens (including phenoxy) is 4. The maximum absolute atomic E-state index is 9.10. The molecule has 0 aromatic rings. The van der Waals surface area contributed by atoms with Crippen LogP contribution in [0.4, 0.5) is 0 Å². The Labute approximate surface area is 90.6 Å². The van der Waals surface area contributed by atoms with E-state index in [-0.39, 0.29) is 6.61 Å². The van der Waals surface area contributed by atoms with Crippen LogP contribution in [0.3, 0.4) is 0 Å². The lowest BCUT2D eigenvalue weighted by Gasteiger charge is -2.10. The van der Waals surface area contributed by atoms with Crippen LogP contribution in [0.2, 0.25) is 0 Å². The first-order chi connectivity index (χ1) is 7.31. The molecule has 0 heterocycles. The van der Waals surface area contributed by atoms with E-state index in [1.54, 1.807) is 0 Å². The van der Waals surface area contributed by atoms with Crippen molar-refractivity contribution in [3.63, 3.8) is 0 Å². The molecular formula is C10H20O5. The standard InChI is InChI=1S/C10H20O5/c1-3-12-5-6-13-7-8-14-9-10(11)15-4-2/h3,10-11H,1,4-9H2,2H3. The quantitative estimate of drug-likeness (QED) is 0.313. The summed E-state index contributed by atoms with van der Waals surface area (Å²) < 4.78 is 20.0. The van der Waals surface area contributed by atoms with Crippen molar-refractivity contribution in [2.24, 2.45) is 0 Å². The highest BCUT2D eigenvalue weighted by atomic mass is 16.6. The topological polar surface area (TPSA) is 57.2 Å². The van der Waals surface area contributed by atoms with Crippen LogP contribution in [0.15, 0.2) is 12.8 Å². The lowest BCUT2D eigenvalue weighted by atomic mass is 10.6. The van der Waals surface area contributed by atoms with Gasteiger partial charge in [-0.1, -0.05) is 6.58 Å². The van der Waals surface area contributed by atoms with Crippen molar-refractivity contribution in [2.75, 3.05) is 39.6 Å². The zero-order valence-corrected chi connectivity index (χ0v) is 9.18. The summed E-state index contributed by atoms with van der Waals surface area (Å²) in [7, 11) is 0. The van der Waals surface area contributed by atoms with Crippen molar-refractivity contribution in [3.8, 4) is 0 Å². The van der Waals surface area contributed by atoms with Gasteiger partial charge in [0, 0.05) is 6.61 Å². The molecule has 5 heteroatoms. The lowest BCUT2D eigenvalue weighted by molar-refractivity contribution is -0.137. The Bertz CT molecular complexity index is 140. The van der Waals surface area contributed by atoms with Crippen molar-refractivity contribution in [1.29, 1.82) is 0 Å². The van der Waals surface area contributed by atoms with Crippen molar-refractivity contribution in [2.45, 2.75) is 13.2 Å². The lowest BCUT2D eigenvalue weighted by Crippen LogP contribution is -2.20. The van der Waals surface area contributed by atoms with Crippen LogP contribution < -0.4 is 0 Å². The third kappa shape index (κ3) is 11.3. The zero-order chi connectivity index (χ0) is 11.4. The highest BCUT2D eigenvalue weighted by molar-refractivity contribution is 4.47. The van der Waals surface area contributed by atoms with Crippen LogP contribution in [0.25, 0.3) is 0 Å². The van der Waals surface area contributed by atoms with Crippen molar-refractivity contribution < 1.29 is 24.1 Å². The van der Waals surface area contributed by atoms with Gasteiger partial charge in [0.15, 0.2) is 6.29 Å². The summed E-state index contributed by atoms with van der Waals surface area (Å²) in [4.78, 5) is 0. The second kappa shape index (κ2) is 11.5. The van der Waals surface area contributed by atoms with Gasteiger partial charge in [-0.05, 0) is 6.92 Å². The largest absolute Gasteiger partial charge is 0.499 e. The fourth-order valence-corrected chi connectivity index (χ4v) is 0.835. The predicted molar refractivity (Wildman–Crippen MR) is 55.4 cm³/mol. The van der Waals surface area contributed by atoms with Gasteiger partial charge in [0.1, 0.15) is 6.61 Å². The van der Waals surface area contributed by atoms with E-state index in [1.807, 2.05) is 6.92 Å². The first kappa shape index (κ1) is 14.4. The molecule has 90 valence electrons. The van der Waals surface area contributed by atoms with E-state index in [0.29, 0.717) is 33.0 Å². The van der Waals surface area contributed by atoms with E-state index in [2.05, 4.69) is 6.58 Å². The molecule has 0 saturated heterocycles. The molecule has 0 aliphatic rings. The molecule has 0 fully saturated rings. The van der Waals surface area contributed by atoms with Gasteiger partial charge in [-0.2, -0.15) is 0 Å². The molecule has 0 rings (SSSR count). The van der Waals surface area contributed by atoms with Gasteiger partial charge in [0.2, 0.25) is 0 Å². The summed E-state index contributed by atoms with van der Waals surface area (Å²) in [6.45, 7) is 7.75. The molecule has 15 heavy (non-hydrogen) atoms. The van der Waals surface area contributed by atoms with Gasteiger partial charge in [0.05, 0.1) is 32.7 Å². The smallest absolute Gasteiger partial charge is 0.178 e. The van der Waals surface area contributed by atoms with Crippen molar-refractivity contribution in [3.05, 3.63) is 12.8 Å². The Balaban J connectivity index is 3.01. The molecule has 0 radical (unpaired) electrons. The third-order valence-electron chi connectivity index (χ3n) is 1.45. The Kier molecular flexibility index (Phi) is 11.0. The second-order valence-electron chi connectivity index (χ2n) is 2.63. The molecule has 5 nitrogen and oxygen atoms in total. The molecule has 0 saturated carbocycles. The van der Waals surface area contributed by atoms with E-state index >= 15 is 0 Å². The fourth-order valence-electron chi connectivity index (χ4n) is 0.835. The Morgan fingerprint density at radius 2 is 1.87 bits per heavy atom. The molecule has 1 unspecified atom stereocenters. The van der Waals surface area contributed by atoms with E-state index in [0.717, 1.165) is 0 Å². The van der Waals surface area contributed by atoms with Gasteiger partial charge in [0.25, 0.3) is 0 Å². The van der Waals surface area contributed by atoms with Crippen LogP contribution in [-0.2, 0) is 18.9 Å². The maximum atomic E-state index is 9.10. The summed E-state index contributed by atoms with van der Waals surface area (Å²) >= 11 is 0. The van der Waals surface area contributed by atoms with Crippen LogP contribution in [0.5, 0.6) is 0 Å². The van der Waals surface area contributed by atoms with Gasteiger partial charge >= 0.3 is 0 Å². The minimum atomic E-state index is -0.848. The monoisotopic (exact) mass is 220 g/mol. The van der Waals surface area contributed by atoms with E-state index in [1.165, 1.54) is 6.26 Å². The highest BCUT2D eigenvalue weighted by Gasteiger charge is 2.01. The van der Waals surface area contributed by atoms with Gasteiger partial charge < -0.3 is 24.1 Å². The second-order valence-corrected chi connectivity index (χ2v) is 2.63. The summed E-state index contributed by atoms with van der Waals surface area (Å²) in [5.41, 5.74) is 0. The summed E-state index contributed by atoms with van der Waals surface area (Å²) in [5, 5.41) is 9.10. The SMILES string of the molecule is C=COCCOCCOCC(O)OCC. The van der Waals surface area contributed by atoms with Crippen LogP contribution in [-0.4, -0.2) is 51.0 Å². The van der Waals surface area contributed by atoms with Crippen LogP contribution >= 0.6 is 0 Å². The van der Waals surface area contributed by atoms with Crippen molar-refractivity contribution >= 4 is 0 Å². The molecule has 0 aromatic carbocycles. The molecule has 0 amide bonds. The minimum absolute atomic E-state index is 0.167. The molecule has 0 spiro atoms. The van der Waals surface area contributed by atoms with Gasteiger partial charge in [-0.15, -0.1) is 0 Å². The van der Waals surface area contributed by atoms with Crippen molar-refractivity contribution in [1.82, 2.24) is 0 Å². The van der Waals surface area contributed by atoms with E-state index < -0.39 is 6.29 Å². The Hall–Kier alpha value is -0.620. The van der Waals surface area contributed by atoms with E-state index in [9.17, 15) is 0 Å². The van der Waals surface area contributed by atoms with Gasteiger partial charge in [-0.25, -0.2) is 0 Å². The summed E-state index contributed by atoms with van der Waals surface area (Å²) in [6, 6.07) is 0. The molecule has 0 aliphatic carbocycles. The number of rotatable bonds is 11. The Morgan fingerprint density at radius 1 is 1.20 bits per heavy atom. The fraction of sp³-hybridized carbons (Fsp3) is 0.800. The number of hydrogen-bond acceptors (Lipinski definition) is 5.